The number of hydrogen-bond donors (Lipinski definition) is 0. The van der Waals surface area contributed by atoms with E-state index in [0.29, 0.717) is 10.6 Å². The number of carbonyl (C=O) groups excluding carboxylic acids is 1. The van der Waals surface area contributed by atoms with Gasteiger partial charge in [0.25, 0.3) is 0 Å². The molecule has 0 spiro atoms. The lowest BCUT2D eigenvalue weighted by molar-refractivity contribution is -0.127. The van der Waals surface area contributed by atoms with E-state index in [1.165, 1.54) is 34.6 Å². The van der Waals surface area contributed by atoms with Gasteiger partial charge in [0.2, 0.25) is 15.9 Å². The Bertz CT molecular complexity index is 970. The molecular weight excluding hydrogens is 391 g/mol. The molecule has 0 radical (unpaired) electrons. The van der Waals surface area contributed by atoms with E-state index in [4.69, 9.17) is 11.6 Å². The van der Waals surface area contributed by atoms with Gasteiger partial charge in [-0.1, -0.05) is 29.8 Å². The van der Waals surface area contributed by atoms with Gasteiger partial charge in [0.05, 0.1) is 4.90 Å². The lowest BCUT2D eigenvalue weighted by Crippen LogP contribution is -2.50. The van der Waals surface area contributed by atoms with Crippen molar-refractivity contribution in [3.8, 4) is 0 Å². The molecule has 2 aromatic rings. The first-order chi connectivity index (χ1) is 12.9. The van der Waals surface area contributed by atoms with Crippen molar-refractivity contribution in [2.45, 2.75) is 4.90 Å². The minimum atomic E-state index is -3.64. The molecule has 0 bridgehead atoms. The third-order valence-corrected chi connectivity index (χ3v) is 6.38. The fourth-order valence-electron chi connectivity index (χ4n) is 2.81. The van der Waals surface area contributed by atoms with Crippen LogP contribution in [-0.2, 0) is 14.8 Å². The maximum atomic E-state index is 13.2. The first kappa shape index (κ1) is 19.5. The predicted octanol–water partition coefficient (Wildman–Crippen LogP) is 3.03. The first-order valence-corrected chi connectivity index (χ1v) is 10.2. The van der Waals surface area contributed by atoms with Crippen molar-refractivity contribution in [1.29, 1.82) is 0 Å². The zero-order chi connectivity index (χ0) is 19.4. The van der Waals surface area contributed by atoms with E-state index in [0.717, 1.165) is 0 Å². The molecule has 1 heterocycles. The molecule has 3 rings (SSSR count). The van der Waals surface area contributed by atoms with E-state index >= 15 is 0 Å². The van der Waals surface area contributed by atoms with Gasteiger partial charge in [0, 0.05) is 37.3 Å². The molecule has 1 aliphatic rings. The fraction of sp³-hybridized carbons (Fsp3) is 0.211. The number of rotatable bonds is 4. The Kier molecular flexibility index (Phi) is 5.94. The number of hydrogen-bond acceptors (Lipinski definition) is 3. The Morgan fingerprint density at radius 1 is 1.04 bits per heavy atom. The van der Waals surface area contributed by atoms with E-state index in [-0.39, 0.29) is 42.8 Å². The van der Waals surface area contributed by atoms with Crippen LogP contribution in [0.25, 0.3) is 6.08 Å². The average Bonchev–Trinajstić information content (AvgIpc) is 2.66. The molecule has 5 nitrogen and oxygen atoms in total. The maximum absolute atomic E-state index is 13.2. The third-order valence-electron chi connectivity index (χ3n) is 4.25. The van der Waals surface area contributed by atoms with Crippen molar-refractivity contribution < 1.29 is 17.6 Å². The minimum Gasteiger partial charge on any atom is -0.337 e. The van der Waals surface area contributed by atoms with E-state index in [1.54, 1.807) is 35.2 Å². The van der Waals surface area contributed by atoms with Crippen LogP contribution in [0.5, 0.6) is 0 Å². The fourth-order valence-corrected chi connectivity index (χ4v) is 4.53. The summed E-state index contributed by atoms with van der Waals surface area (Å²) < 4.78 is 39.9. The molecule has 0 aliphatic carbocycles. The second kappa shape index (κ2) is 8.21. The van der Waals surface area contributed by atoms with Crippen molar-refractivity contribution in [1.82, 2.24) is 9.21 Å². The third kappa shape index (κ3) is 4.74. The number of nitrogens with zero attached hydrogens (tertiary/aromatic N) is 2. The van der Waals surface area contributed by atoms with Gasteiger partial charge in [-0.25, -0.2) is 12.8 Å². The summed E-state index contributed by atoms with van der Waals surface area (Å²) in [6, 6.07) is 12.0. The highest BCUT2D eigenvalue weighted by Crippen LogP contribution is 2.21. The van der Waals surface area contributed by atoms with Crippen LogP contribution in [0.2, 0.25) is 5.02 Å². The van der Waals surface area contributed by atoms with E-state index in [9.17, 15) is 17.6 Å². The van der Waals surface area contributed by atoms with E-state index < -0.39 is 10.0 Å². The van der Waals surface area contributed by atoms with Crippen LogP contribution in [0.1, 0.15) is 5.56 Å². The molecule has 0 unspecified atom stereocenters. The second-order valence-electron chi connectivity index (χ2n) is 6.08. The lowest BCUT2D eigenvalue weighted by atomic mass is 10.2. The summed E-state index contributed by atoms with van der Waals surface area (Å²) in [6.45, 7) is 0.973. The Morgan fingerprint density at radius 2 is 1.74 bits per heavy atom. The molecule has 0 N–H and O–H groups in total. The number of halogens is 2. The standard InChI is InChI=1S/C19H18ClFN2O3S/c20-16-4-2-6-18(14-16)27(25,26)23-11-9-22(10-12-23)19(24)8-7-15-3-1-5-17(21)13-15/h1-8,13-14H,9-12H2/b8-7+. The predicted molar refractivity (Wildman–Crippen MR) is 102 cm³/mol. The normalized spacial score (nSPS) is 16.0. The molecule has 0 aromatic heterocycles. The summed E-state index contributed by atoms with van der Waals surface area (Å²) in [5.41, 5.74) is 0.588. The number of piperazine rings is 1. The summed E-state index contributed by atoms with van der Waals surface area (Å²) in [5, 5.41) is 0.354. The van der Waals surface area contributed by atoms with Crippen LogP contribution >= 0.6 is 11.6 Å². The van der Waals surface area contributed by atoms with Crippen molar-refractivity contribution in [3.63, 3.8) is 0 Å². The van der Waals surface area contributed by atoms with Gasteiger partial charge in [-0.05, 0) is 42.0 Å². The number of sulfonamides is 1. The minimum absolute atomic E-state index is 0.140. The summed E-state index contributed by atoms with van der Waals surface area (Å²) in [5.74, 6) is -0.608. The van der Waals surface area contributed by atoms with Gasteiger partial charge in [0.15, 0.2) is 0 Å². The molecule has 142 valence electrons. The van der Waals surface area contributed by atoms with Gasteiger partial charge in [-0.15, -0.1) is 0 Å². The maximum Gasteiger partial charge on any atom is 0.246 e. The van der Waals surface area contributed by atoms with Crippen LogP contribution in [0.15, 0.2) is 59.5 Å². The van der Waals surface area contributed by atoms with Crippen LogP contribution in [0.3, 0.4) is 0 Å². The summed E-state index contributed by atoms with van der Waals surface area (Å²) in [7, 11) is -3.64. The van der Waals surface area contributed by atoms with Crippen LogP contribution in [0, 0.1) is 5.82 Å². The Balaban J connectivity index is 1.62. The highest BCUT2D eigenvalue weighted by atomic mass is 35.5. The molecule has 1 saturated heterocycles. The number of benzene rings is 2. The monoisotopic (exact) mass is 408 g/mol. The molecule has 1 fully saturated rings. The topological polar surface area (TPSA) is 57.7 Å². The van der Waals surface area contributed by atoms with Crippen molar-refractivity contribution in [3.05, 3.63) is 71.0 Å². The Morgan fingerprint density at radius 3 is 2.41 bits per heavy atom. The molecule has 1 amide bonds. The quantitative estimate of drug-likeness (QED) is 0.731. The van der Waals surface area contributed by atoms with Gasteiger partial charge in [0.1, 0.15) is 5.82 Å². The number of carbonyl (C=O) groups is 1. The molecule has 1 aliphatic heterocycles. The van der Waals surface area contributed by atoms with Crippen molar-refractivity contribution in [2.24, 2.45) is 0 Å². The largest absolute Gasteiger partial charge is 0.337 e. The van der Waals surface area contributed by atoms with Crippen LogP contribution in [0.4, 0.5) is 4.39 Å². The summed E-state index contributed by atoms with van der Waals surface area (Å²) >= 11 is 5.88. The molecule has 27 heavy (non-hydrogen) atoms. The van der Waals surface area contributed by atoms with E-state index in [2.05, 4.69) is 0 Å². The van der Waals surface area contributed by atoms with Crippen LogP contribution in [-0.4, -0.2) is 49.7 Å². The lowest BCUT2D eigenvalue weighted by Gasteiger charge is -2.33. The number of amides is 1. The summed E-state index contributed by atoms with van der Waals surface area (Å²) in [4.78, 5) is 14.0. The summed E-state index contributed by atoms with van der Waals surface area (Å²) in [6.07, 6.45) is 2.91. The highest BCUT2D eigenvalue weighted by molar-refractivity contribution is 7.89. The van der Waals surface area contributed by atoms with Gasteiger partial charge in [-0.2, -0.15) is 4.31 Å². The SMILES string of the molecule is O=C(/C=C/c1cccc(F)c1)N1CCN(S(=O)(=O)c2cccc(Cl)c2)CC1. The van der Waals surface area contributed by atoms with Gasteiger partial charge in [-0.3, -0.25) is 4.79 Å². The molecule has 8 heteroatoms. The second-order valence-corrected chi connectivity index (χ2v) is 8.45. The van der Waals surface area contributed by atoms with Crippen LogP contribution < -0.4 is 0 Å². The zero-order valence-electron chi connectivity index (χ0n) is 14.4. The molecule has 0 atom stereocenters. The Hall–Kier alpha value is -2.22. The first-order valence-electron chi connectivity index (χ1n) is 8.34. The average molecular weight is 409 g/mol. The highest BCUT2D eigenvalue weighted by Gasteiger charge is 2.29. The van der Waals surface area contributed by atoms with Gasteiger partial charge < -0.3 is 4.90 Å². The van der Waals surface area contributed by atoms with Crippen molar-refractivity contribution in [2.75, 3.05) is 26.2 Å². The van der Waals surface area contributed by atoms with Gasteiger partial charge >= 0.3 is 0 Å². The smallest absolute Gasteiger partial charge is 0.246 e. The Labute approximate surface area is 162 Å². The zero-order valence-corrected chi connectivity index (χ0v) is 16.0. The van der Waals surface area contributed by atoms with Crippen molar-refractivity contribution >= 4 is 33.6 Å². The van der Waals surface area contributed by atoms with E-state index in [1.807, 2.05) is 0 Å². The molecule has 0 saturated carbocycles. The molecular formula is C19H18ClFN2O3S. The molecule has 2 aromatic carbocycles.